The maximum atomic E-state index is 13.5. The second-order valence-corrected chi connectivity index (χ2v) is 10.5. The Morgan fingerprint density at radius 3 is 2.28 bits per heavy atom. The fraction of sp³-hybridized carbons (Fsp3) is 0.423. The molecule has 9 nitrogen and oxygen atoms in total. The summed E-state index contributed by atoms with van der Waals surface area (Å²) in [6.07, 6.45) is 5.49. The SMILES string of the molecule is CCOC(=O)N(N)c1ccc(N(C/C=C/CCCC2(C)OCCO2)S(=O)(=O)c2ccc(C)cc2)cc1. The lowest BCUT2D eigenvalue weighted by atomic mass is 10.1. The third kappa shape index (κ3) is 7.07. The minimum atomic E-state index is -3.84. The molecule has 0 aliphatic carbocycles. The van der Waals surface area contributed by atoms with Gasteiger partial charge in [-0.15, -0.1) is 0 Å². The molecule has 10 heteroatoms. The molecule has 2 N–H and O–H groups in total. The van der Waals surface area contributed by atoms with E-state index >= 15 is 0 Å². The fourth-order valence-electron chi connectivity index (χ4n) is 3.79. The second-order valence-electron chi connectivity index (χ2n) is 8.63. The van der Waals surface area contributed by atoms with E-state index in [9.17, 15) is 13.2 Å². The minimum Gasteiger partial charge on any atom is -0.449 e. The van der Waals surface area contributed by atoms with Crippen LogP contribution in [0.1, 0.15) is 38.7 Å². The number of rotatable bonds is 11. The van der Waals surface area contributed by atoms with Gasteiger partial charge in [0.1, 0.15) is 0 Å². The van der Waals surface area contributed by atoms with E-state index in [4.69, 9.17) is 20.1 Å². The van der Waals surface area contributed by atoms with Gasteiger partial charge >= 0.3 is 6.09 Å². The molecular formula is C26H35N3O6S. The molecule has 1 fully saturated rings. The van der Waals surface area contributed by atoms with Gasteiger partial charge in [-0.05, 0) is 70.0 Å². The molecule has 1 saturated heterocycles. The smallest absolute Gasteiger partial charge is 0.428 e. The number of carbonyl (C=O) groups is 1. The second kappa shape index (κ2) is 12.4. The minimum absolute atomic E-state index is 0.143. The molecule has 0 unspecified atom stereocenters. The van der Waals surface area contributed by atoms with Crippen molar-refractivity contribution in [3.63, 3.8) is 0 Å². The number of hydrazine groups is 1. The average Bonchev–Trinajstić information content (AvgIpc) is 3.30. The number of unbranched alkanes of at least 4 members (excludes halogenated alkanes) is 1. The van der Waals surface area contributed by atoms with E-state index in [0.717, 1.165) is 29.8 Å². The lowest BCUT2D eigenvalue weighted by Gasteiger charge is -2.24. The number of anilines is 2. The Hall–Kier alpha value is -2.92. The standard InChI is InChI=1S/C26H35N3O6S/c1-4-33-25(30)29(27)23-13-11-22(12-14-23)28(36(31,32)24-15-9-21(2)10-16-24)18-8-6-5-7-17-26(3)34-19-20-35-26/h6,8-16H,4-5,7,17-20,27H2,1-3H3/b8-6+. The van der Waals surface area contributed by atoms with Crippen LogP contribution in [0.5, 0.6) is 0 Å². The highest BCUT2D eigenvalue weighted by atomic mass is 32.2. The van der Waals surface area contributed by atoms with Crippen LogP contribution in [0.4, 0.5) is 16.2 Å². The summed E-state index contributed by atoms with van der Waals surface area (Å²) in [6.45, 7) is 7.08. The molecule has 2 aromatic carbocycles. The highest BCUT2D eigenvalue weighted by molar-refractivity contribution is 7.92. The number of ether oxygens (including phenoxy) is 3. The van der Waals surface area contributed by atoms with Gasteiger partial charge in [-0.25, -0.2) is 24.1 Å². The molecule has 2 aromatic rings. The molecule has 0 atom stereocenters. The first-order chi connectivity index (χ1) is 17.2. The van der Waals surface area contributed by atoms with Crippen LogP contribution in [-0.4, -0.2) is 46.7 Å². The van der Waals surface area contributed by atoms with Gasteiger partial charge in [0.15, 0.2) is 5.79 Å². The average molecular weight is 518 g/mol. The summed E-state index contributed by atoms with van der Waals surface area (Å²) in [7, 11) is -3.84. The zero-order valence-corrected chi connectivity index (χ0v) is 21.9. The number of amides is 1. The normalized spacial score (nSPS) is 15.2. The molecule has 0 saturated carbocycles. The van der Waals surface area contributed by atoms with Gasteiger partial charge in [-0.1, -0.05) is 29.8 Å². The number of aryl methyl sites for hydroxylation is 1. The zero-order chi connectivity index (χ0) is 26.2. The number of allylic oxidation sites excluding steroid dienone is 1. The summed E-state index contributed by atoms with van der Waals surface area (Å²) in [5.74, 6) is 5.29. The van der Waals surface area contributed by atoms with Gasteiger partial charge in [-0.2, -0.15) is 0 Å². The Kier molecular flexibility index (Phi) is 9.49. The molecule has 3 rings (SSSR count). The number of hydrogen-bond donors (Lipinski definition) is 1. The lowest BCUT2D eigenvalue weighted by Crippen LogP contribution is -2.38. The van der Waals surface area contributed by atoms with Crippen LogP contribution in [0.25, 0.3) is 0 Å². The third-order valence-electron chi connectivity index (χ3n) is 5.83. The van der Waals surface area contributed by atoms with Crippen molar-refractivity contribution in [2.24, 2.45) is 5.84 Å². The Bertz CT molecular complexity index is 1130. The summed E-state index contributed by atoms with van der Waals surface area (Å²) in [5.41, 5.74) is 1.79. The maximum Gasteiger partial charge on any atom is 0.428 e. The molecule has 0 radical (unpaired) electrons. The summed E-state index contributed by atoms with van der Waals surface area (Å²) in [5, 5.41) is 0.879. The van der Waals surface area contributed by atoms with Gasteiger partial charge in [0.05, 0.1) is 42.6 Å². The fourth-order valence-corrected chi connectivity index (χ4v) is 5.20. The van der Waals surface area contributed by atoms with Crippen LogP contribution in [0.15, 0.2) is 65.6 Å². The summed E-state index contributed by atoms with van der Waals surface area (Å²) in [6, 6.07) is 13.1. The summed E-state index contributed by atoms with van der Waals surface area (Å²) >= 11 is 0. The molecule has 1 aliphatic heterocycles. The molecule has 1 amide bonds. The predicted molar refractivity (Wildman–Crippen MR) is 139 cm³/mol. The number of benzene rings is 2. The Balaban J connectivity index is 1.76. The lowest BCUT2D eigenvalue weighted by molar-refractivity contribution is -0.147. The largest absolute Gasteiger partial charge is 0.449 e. The quantitative estimate of drug-likeness (QED) is 0.153. The maximum absolute atomic E-state index is 13.5. The number of nitrogens with zero attached hydrogens (tertiary/aromatic N) is 2. The molecular weight excluding hydrogens is 482 g/mol. The van der Waals surface area contributed by atoms with Crippen molar-refractivity contribution in [3.8, 4) is 0 Å². The van der Waals surface area contributed by atoms with Gasteiger partial charge in [0.2, 0.25) is 0 Å². The van der Waals surface area contributed by atoms with Crippen LogP contribution in [0.3, 0.4) is 0 Å². The number of carbonyl (C=O) groups excluding carboxylic acids is 1. The van der Waals surface area contributed by atoms with E-state index in [1.807, 2.05) is 26.0 Å². The van der Waals surface area contributed by atoms with Crippen LogP contribution >= 0.6 is 0 Å². The van der Waals surface area contributed by atoms with E-state index in [-0.39, 0.29) is 18.0 Å². The molecule has 0 bridgehead atoms. The number of sulfonamides is 1. The predicted octanol–water partition coefficient (Wildman–Crippen LogP) is 4.52. The third-order valence-corrected chi connectivity index (χ3v) is 7.64. The van der Waals surface area contributed by atoms with Crippen molar-refractivity contribution in [1.29, 1.82) is 0 Å². The van der Waals surface area contributed by atoms with Crippen molar-refractivity contribution in [3.05, 3.63) is 66.2 Å². The first kappa shape index (κ1) is 27.7. The number of hydrogen-bond acceptors (Lipinski definition) is 7. The Labute approximate surface area is 213 Å². The Morgan fingerprint density at radius 1 is 1.06 bits per heavy atom. The zero-order valence-electron chi connectivity index (χ0n) is 21.1. The van der Waals surface area contributed by atoms with Gasteiger partial charge in [-0.3, -0.25) is 4.31 Å². The summed E-state index contributed by atoms with van der Waals surface area (Å²) in [4.78, 5) is 12.1. The van der Waals surface area contributed by atoms with Crippen molar-refractivity contribution in [1.82, 2.24) is 0 Å². The molecule has 196 valence electrons. The molecule has 1 aliphatic rings. The van der Waals surface area contributed by atoms with E-state index < -0.39 is 21.9 Å². The van der Waals surface area contributed by atoms with Crippen molar-refractivity contribution in [2.45, 2.75) is 50.7 Å². The molecule has 36 heavy (non-hydrogen) atoms. The van der Waals surface area contributed by atoms with Crippen LogP contribution < -0.4 is 15.2 Å². The number of nitrogens with two attached hydrogens (primary N) is 1. The molecule has 0 spiro atoms. The first-order valence-corrected chi connectivity index (χ1v) is 13.4. The van der Waals surface area contributed by atoms with Crippen molar-refractivity contribution in [2.75, 3.05) is 35.7 Å². The van der Waals surface area contributed by atoms with Gasteiger partial charge in [0.25, 0.3) is 10.0 Å². The van der Waals surface area contributed by atoms with Crippen LogP contribution in [0.2, 0.25) is 0 Å². The monoisotopic (exact) mass is 517 g/mol. The highest BCUT2D eigenvalue weighted by Crippen LogP contribution is 2.27. The summed E-state index contributed by atoms with van der Waals surface area (Å²) < 4.78 is 44.6. The first-order valence-electron chi connectivity index (χ1n) is 12.0. The van der Waals surface area contributed by atoms with E-state index in [0.29, 0.717) is 24.6 Å². The van der Waals surface area contributed by atoms with Crippen LogP contribution in [0, 0.1) is 6.92 Å². The topological polar surface area (TPSA) is 111 Å². The van der Waals surface area contributed by atoms with Crippen molar-refractivity contribution < 1.29 is 27.4 Å². The van der Waals surface area contributed by atoms with Gasteiger partial charge in [0, 0.05) is 6.42 Å². The van der Waals surface area contributed by atoms with E-state index in [1.165, 1.54) is 4.31 Å². The van der Waals surface area contributed by atoms with Crippen molar-refractivity contribution >= 4 is 27.5 Å². The highest BCUT2D eigenvalue weighted by Gasteiger charge is 2.30. The molecule has 1 heterocycles. The van der Waals surface area contributed by atoms with E-state index in [1.54, 1.807) is 55.5 Å². The van der Waals surface area contributed by atoms with Crippen LogP contribution in [-0.2, 0) is 24.2 Å². The van der Waals surface area contributed by atoms with Gasteiger partial charge < -0.3 is 14.2 Å². The molecule has 0 aromatic heterocycles. The van der Waals surface area contributed by atoms with E-state index in [2.05, 4.69) is 0 Å². The Morgan fingerprint density at radius 2 is 1.67 bits per heavy atom.